The molecule has 0 saturated carbocycles. The molecule has 18 heavy (non-hydrogen) atoms. The van der Waals surface area contributed by atoms with E-state index in [1.54, 1.807) is 0 Å². The average molecular weight is 256 g/mol. The third-order valence-corrected chi connectivity index (χ3v) is 3.78. The lowest BCUT2D eigenvalue weighted by Gasteiger charge is -2.35. The zero-order valence-corrected chi connectivity index (χ0v) is 12.4. The maximum Gasteiger partial charge on any atom is 0.0634 e. The Hall–Kier alpha value is -0.120. The lowest BCUT2D eigenvalue weighted by molar-refractivity contribution is -0.00725. The SMILES string of the molecule is CCCCCCCCN1CCOCC1CNCC. The predicted octanol–water partition coefficient (Wildman–Crippen LogP) is 2.66. The Morgan fingerprint density at radius 2 is 1.89 bits per heavy atom. The van der Waals surface area contributed by atoms with E-state index in [4.69, 9.17) is 4.74 Å². The normalized spacial score (nSPS) is 21.3. The summed E-state index contributed by atoms with van der Waals surface area (Å²) in [5, 5.41) is 3.44. The summed E-state index contributed by atoms with van der Waals surface area (Å²) in [6, 6.07) is 0.592. The van der Waals surface area contributed by atoms with Gasteiger partial charge in [0.05, 0.1) is 13.2 Å². The van der Waals surface area contributed by atoms with Gasteiger partial charge in [-0.25, -0.2) is 0 Å². The monoisotopic (exact) mass is 256 g/mol. The molecular weight excluding hydrogens is 224 g/mol. The molecule has 1 heterocycles. The molecule has 0 spiro atoms. The van der Waals surface area contributed by atoms with E-state index in [0.717, 1.165) is 32.8 Å². The molecular formula is C15H32N2O. The third kappa shape index (κ3) is 6.72. The van der Waals surface area contributed by atoms with Crippen LogP contribution in [0.2, 0.25) is 0 Å². The number of hydrogen-bond acceptors (Lipinski definition) is 3. The van der Waals surface area contributed by atoms with E-state index in [9.17, 15) is 0 Å². The fourth-order valence-electron chi connectivity index (χ4n) is 2.58. The first-order valence-corrected chi connectivity index (χ1v) is 7.91. The smallest absolute Gasteiger partial charge is 0.0634 e. The summed E-state index contributed by atoms with van der Waals surface area (Å²) in [5.41, 5.74) is 0. The molecule has 1 N–H and O–H groups in total. The Kier molecular flexibility index (Phi) is 9.54. The first-order chi connectivity index (χ1) is 8.88. The highest BCUT2D eigenvalue weighted by Crippen LogP contribution is 2.10. The van der Waals surface area contributed by atoms with Crippen molar-refractivity contribution in [3.8, 4) is 0 Å². The van der Waals surface area contributed by atoms with Crippen LogP contribution >= 0.6 is 0 Å². The number of hydrogen-bond donors (Lipinski definition) is 1. The van der Waals surface area contributed by atoms with Crippen molar-refractivity contribution in [1.29, 1.82) is 0 Å². The van der Waals surface area contributed by atoms with E-state index in [-0.39, 0.29) is 0 Å². The molecule has 0 aromatic carbocycles. The van der Waals surface area contributed by atoms with Gasteiger partial charge in [0.1, 0.15) is 0 Å². The van der Waals surface area contributed by atoms with Crippen LogP contribution in [0, 0.1) is 0 Å². The van der Waals surface area contributed by atoms with Crippen LogP contribution in [0.5, 0.6) is 0 Å². The second kappa shape index (κ2) is 10.8. The van der Waals surface area contributed by atoms with Gasteiger partial charge in [0.15, 0.2) is 0 Å². The van der Waals surface area contributed by atoms with Crippen molar-refractivity contribution in [3.63, 3.8) is 0 Å². The maximum absolute atomic E-state index is 5.59. The summed E-state index contributed by atoms with van der Waals surface area (Å²) in [5.74, 6) is 0. The quantitative estimate of drug-likeness (QED) is 0.608. The van der Waals surface area contributed by atoms with Crippen molar-refractivity contribution in [2.45, 2.75) is 58.4 Å². The first kappa shape index (κ1) is 15.9. The molecule has 3 heteroatoms. The van der Waals surface area contributed by atoms with Gasteiger partial charge < -0.3 is 10.1 Å². The highest BCUT2D eigenvalue weighted by atomic mass is 16.5. The molecule has 1 atom stereocenters. The van der Waals surface area contributed by atoms with Gasteiger partial charge in [0, 0.05) is 19.1 Å². The lowest BCUT2D eigenvalue weighted by atomic mass is 10.1. The molecule has 0 aromatic rings. The van der Waals surface area contributed by atoms with Crippen molar-refractivity contribution in [1.82, 2.24) is 10.2 Å². The number of unbranched alkanes of at least 4 members (excludes halogenated alkanes) is 5. The van der Waals surface area contributed by atoms with Crippen LogP contribution in [-0.4, -0.2) is 50.3 Å². The predicted molar refractivity (Wildman–Crippen MR) is 78.1 cm³/mol. The van der Waals surface area contributed by atoms with Gasteiger partial charge in [-0.2, -0.15) is 0 Å². The Labute approximate surface area is 113 Å². The van der Waals surface area contributed by atoms with Gasteiger partial charge in [0.2, 0.25) is 0 Å². The summed E-state index contributed by atoms with van der Waals surface area (Å²) in [6.07, 6.45) is 8.32. The summed E-state index contributed by atoms with van der Waals surface area (Å²) >= 11 is 0. The van der Waals surface area contributed by atoms with Gasteiger partial charge in [-0.05, 0) is 19.5 Å². The summed E-state index contributed by atoms with van der Waals surface area (Å²) in [7, 11) is 0. The van der Waals surface area contributed by atoms with Crippen molar-refractivity contribution in [2.75, 3.05) is 39.4 Å². The highest BCUT2D eigenvalue weighted by Gasteiger charge is 2.21. The fourth-order valence-corrected chi connectivity index (χ4v) is 2.58. The zero-order chi connectivity index (χ0) is 13.1. The van der Waals surface area contributed by atoms with E-state index >= 15 is 0 Å². The summed E-state index contributed by atoms with van der Waals surface area (Å²) < 4.78 is 5.59. The van der Waals surface area contributed by atoms with E-state index in [2.05, 4.69) is 24.1 Å². The number of nitrogens with zero attached hydrogens (tertiary/aromatic N) is 1. The second-order valence-electron chi connectivity index (χ2n) is 5.34. The molecule has 1 rings (SSSR count). The van der Waals surface area contributed by atoms with E-state index < -0.39 is 0 Å². The molecule has 0 amide bonds. The Morgan fingerprint density at radius 1 is 1.11 bits per heavy atom. The van der Waals surface area contributed by atoms with Gasteiger partial charge in [-0.1, -0.05) is 46.0 Å². The number of ether oxygens (including phenoxy) is 1. The average Bonchev–Trinajstić information content (AvgIpc) is 2.41. The molecule has 0 bridgehead atoms. The van der Waals surface area contributed by atoms with Gasteiger partial charge >= 0.3 is 0 Å². The molecule has 0 aromatic heterocycles. The standard InChI is InChI=1S/C15H32N2O/c1-3-5-6-7-8-9-10-17-11-12-18-14-15(17)13-16-4-2/h15-16H,3-14H2,1-2H3. The zero-order valence-electron chi connectivity index (χ0n) is 12.4. The largest absolute Gasteiger partial charge is 0.378 e. The van der Waals surface area contributed by atoms with Gasteiger partial charge in [-0.3, -0.25) is 4.90 Å². The molecule has 1 aliphatic rings. The van der Waals surface area contributed by atoms with Gasteiger partial charge in [0.25, 0.3) is 0 Å². The number of morpholine rings is 1. The fraction of sp³-hybridized carbons (Fsp3) is 1.00. The van der Waals surface area contributed by atoms with Crippen LogP contribution < -0.4 is 5.32 Å². The van der Waals surface area contributed by atoms with Crippen LogP contribution in [0.3, 0.4) is 0 Å². The molecule has 108 valence electrons. The number of likely N-dealkylation sites (N-methyl/N-ethyl adjacent to an activating group) is 1. The number of nitrogens with one attached hydrogen (secondary N) is 1. The summed E-state index contributed by atoms with van der Waals surface area (Å²) in [6.45, 7) is 10.8. The Bertz CT molecular complexity index is 187. The second-order valence-corrected chi connectivity index (χ2v) is 5.34. The minimum Gasteiger partial charge on any atom is -0.378 e. The maximum atomic E-state index is 5.59. The lowest BCUT2D eigenvalue weighted by Crippen LogP contribution is -2.50. The minimum atomic E-state index is 0.592. The molecule has 1 aliphatic heterocycles. The Balaban J connectivity index is 2.09. The van der Waals surface area contributed by atoms with E-state index in [0.29, 0.717) is 6.04 Å². The molecule has 3 nitrogen and oxygen atoms in total. The molecule has 0 radical (unpaired) electrons. The molecule has 1 unspecified atom stereocenters. The third-order valence-electron chi connectivity index (χ3n) is 3.78. The van der Waals surface area contributed by atoms with Crippen molar-refractivity contribution in [2.24, 2.45) is 0 Å². The summed E-state index contributed by atoms with van der Waals surface area (Å²) in [4.78, 5) is 2.62. The van der Waals surface area contributed by atoms with Crippen LogP contribution in [0.25, 0.3) is 0 Å². The van der Waals surface area contributed by atoms with Crippen LogP contribution in [0.15, 0.2) is 0 Å². The highest BCUT2D eigenvalue weighted by molar-refractivity contribution is 4.77. The van der Waals surface area contributed by atoms with E-state index in [1.165, 1.54) is 45.1 Å². The van der Waals surface area contributed by atoms with Crippen LogP contribution in [0.4, 0.5) is 0 Å². The van der Waals surface area contributed by atoms with E-state index in [1.807, 2.05) is 0 Å². The van der Waals surface area contributed by atoms with Crippen LogP contribution in [0.1, 0.15) is 52.4 Å². The Morgan fingerprint density at radius 3 is 2.67 bits per heavy atom. The van der Waals surface area contributed by atoms with Crippen molar-refractivity contribution in [3.05, 3.63) is 0 Å². The minimum absolute atomic E-state index is 0.592. The van der Waals surface area contributed by atoms with Gasteiger partial charge in [-0.15, -0.1) is 0 Å². The molecule has 1 saturated heterocycles. The van der Waals surface area contributed by atoms with Crippen molar-refractivity contribution < 1.29 is 4.74 Å². The topological polar surface area (TPSA) is 24.5 Å². The number of rotatable bonds is 10. The van der Waals surface area contributed by atoms with Crippen LogP contribution in [-0.2, 0) is 4.74 Å². The molecule has 1 fully saturated rings. The first-order valence-electron chi connectivity index (χ1n) is 7.91. The molecule has 0 aliphatic carbocycles. The van der Waals surface area contributed by atoms with Crippen molar-refractivity contribution >= 4 is 0 Å².